The number of aliphatic imine (C=N–C) groups is 1. The van der Waals surface area contributed by atoms with Crippen LogP contribution in [-0.4, -0.2) is 50.2 Å². The molecule has 5 heteroatoms. The molecule has 108 valence electrons. The SMILES string of the molecule is COc1ccc(N2CCN(C(N)=NC3CC3)CC2)cc1. The molecule has 2 aliphatic rings. The minimum atomic E-state index is 0.495. The van der Waals surface area contributed by atoms with E-state index in [1.807, 2.05) is 12.1 Å². The second-order valence-electron chi connectivity index (χ2n) is 5.39. The summed E-state index contributed by atoms with van der Waals surface area (Å²) in [5.74, 6) is 1.62. The molecule has 5 nitrogen and oxygen atoms in total. The smallest absolute Gasteiger partial charge is 0.191 e. The third-order valence-electron chi connectivity index (χ3n) is 3.90. The van der Waals surface area contributed by atoms with Crippen LogP contribution in [0, 0.1) is 0 Å². The fourth-order valence-electron chi connectivity index (χ4n) is 2.46. The Morgan fingerprint density at radius 1 is 1.15 bits per heavy atom. The first kappa shape index (κ1) is 13.1. The van der Waals surface area contributed by atoms with E-state index in [-0.39, 0.29) is 0 Å². The molecule has 1 saturated heterocycles. The quantitative estimate of drug-likeness (QED) is 0.666. The molecule has 0 atom stereocenters. The van der Waals surface area contributed by atoms with E-state index in [4.69, 9.17) is 10.5 Å². The molecule has 1 saturated carbocycles. The van der Waals surface area contributed by atoms with Crippen LogP contribution in [-0.2, 0) is 0 Å². The van der Waals surface area contributed by atoms with Crippen LogP contribution in [0.1, 0.15) is 12.8 Å². The van der Waals surface area contributed by atoms with Crippen LogP contribution in [0.15, 0.2) is 29.3 Å². The molecule has 1 aliphatic carbocycles. The number of methoxy groups -OCH3 is 1. The molecule has 0 bridgehead atoms. The summed E-state index contributed by atoms with van der Waals surface area (Å²) >= 11 is 0. The molecule has 1 aromatic carbocycles. The summed E-state index contributed by atoms with van der Waals surface area (Å²) in [6.07, 6.45) is 2.40. The van der Waals surface area contributed by atoms with Crippen molar-refractivity contribution in [2.24, 2.45) is 10.7 Å². The molecule has 0 amide bonds. The second-order valence-corrected chi connectivity index (χ2v) is 5.39. The Kier molecular flexibility index (Phi) is 3.67. The maximum atomic E-state index is 6.05. The molecular formula is C15H22N4O. The standard InChI is InChI=1S/C15H22N4O/c1-20-14-6-4-13(5-7-14)18-8-10-19(11-9-18)15(16)17-12-2-3-12/h4-7,12H,2-3,8-11H2,1H3,(H2,16,17). The lowest BCUT2D eigenvalue weighted by molar-refractivity contribution is 0.380. The lowest BCUT2D eigenvalue weighted by atomic mass is 10.2. The van der Waals surface area contributed by atoms with Gasteiger partial charge in [-0.2, -0.15) is 0 Å². The lowest BCUT2D eigenvalue weighted by Crippen LogP contribution is -2.51. The van der Waals surface area contributed by atoms with Gasteiger partial charge in [-0.3, -0.25) is 0 Å². The van der Waals surface area contributed by atoms with E-state index in [1.54, 1.807) is 7.11 Å². The van der Waals surface area contributed by atoms with Crippen molar-refractivity contribution in [3.63, 3.8) is 0 Å². The number of hydrogen-bond acceptors (Lipinski definition) is 3. The lowest BCUT2D eigenvalue weighted by Gasteiger charge is -2.36. The first-order valence-electron chi connectivity index (χ1n) is 7.23. The van der Waals surface area contributed by atoms with Gasteiger partial charge in [0.15, 0.2) is 5.96 Å². The average molecular weight is 274 g/mol. The zero-order chi connectivity index (χ0) is 13.9. The predicted molar refractivity (Wildman–Crippen MR) is 81.4 cm³/mol. The van der Waals surface area contributed by atoms with Crippen LogP contribution in [0.5, 0.6) is 5.75 Å². The Balaban J connectivity index is 1.57. The van der Waals surface area contributed by atoms with Crippen molar-refractivity contribution < 1.29 is 4.74 Å². The number of piperazine rings is 1. The molecular weight excluding hydrogens is 252 g/mol. The van der Waals surface area contributed by atoms with Gasteiger partial charge < -0.3 is 20.3 Å². The predicted octanol–water partition coefficient (Wildman–Crippen LogP) is 1.29. The Labute approximate surface area is 120 Å². The van der Waals surface area contributed by atoms with Crippen molar-refractivity contribution in [2.45, 2.75) is 18.9 Å². The number of benzene rings is 1. The van der Waals surface area contributed by atoms with Gasteiger partial charge in [-0.25, -0.2) is 4.99 Å². The first-order valence-corrected chi connectivity index (χ1v) is 7.23. The second kappa shape index (κ2) is 5.61. The fraction of sp³-hybridized carbons (Fsp3) is 0.533. The number of guanidine groups is 1. The fourth-order valence-corrected chi connectivity index (χ4v) is 2.46. The molecule has 0 spiro atoms. The van der Waals surface area contributed by atoms with Crippen LogP contribution in [0.2, 0.25) is 0 Å². The van der Waals surface area contributed by atoms with Crippen molar-refractivity contribution in [3.05, 3.63) is 24.3 Å². The van der Waals surface area contributed by atoms with Gasteiger partial charge in [0.1, 0.15) is 5.75 Å². The molecule has 0 radical (unpaired) electrons. The minimum absolute atomic E-state index is 0.495. The van der Waals surface area contributed by atoms with Crippen LogP contribution in [0.3, 0.4) is 0 Å². The van der Waals surface area contributed by atoms with E-state index in [9.17, 15) is 0 Å². The largest absolute Gasteiger partial charge is 0.497 e. The summed E-state index contributed by atoms with van der Waals surface area (Å²) in [7, 11) is 1.69. The minimum Gasteiger partial charge on any atom is -0.497 e. The zero-order valence-corrected chi connectivity index (χ0v) is 12.0. The van der Waals surface area contributed by atoms with Gasteiger partial charge in [0, 0.05) is 31.9 Å². The molecule has 1 aromatic rings. The number of hydrogen-bond donors (Lipinski definition) is 1. The van der Waals surface area contributed by atoms with Crippen molar-refractivity contribution in [3.8, 4) is 5.75 Å². The molecule has 3 rings (SSSR count). The van der Waals surface area contributed by atoms with Gasteiger partial charge in [0.05, 0.1) is 13.2 Å². The Hall–Kier alpha value is -1.91. The molecule has 2 N–H and O–H groups in total. The highest BCUT2D eigenvalue weighted by Crippen LogP contribution is 2.24. The van der Waals surface area contributed by atoms with Gasteiger partial charge in [-0.15, -0.1) is 0 Å². The van der Waals surface area contributed by atoms with Crippen LogP contribution in [0.25, 0.3) is 0 Å². The Morgan fingerprint density at radius 2 is 1.80 bits per heavy atom. The molecule has 2 fully saturated rings. The summed E-state index contributed by atoms with van der Waals surface area (Å²) in [5, 5.41) is 0. The van der Waals surface area contributed by atoms with Crippen LogP contribution in [0.4, 0.5) is 5.69 Å². The number of ether oxygens (including phenoxy) is 1. The summed E-state index contributed by atoms with van der Waals surface area (Å²) < 4.78 is 5.19. The molecule has 1 aliphatic heterocycles. The molecule has 20 heavy (non-hydrogen) atoms. The number of nitrogens with two attached hydrogens (primary N) is 1. The van der Waals surface area contributed by atoms with E-state index in [2.05, 4.69) is 26.9 Å². The van der Waals surface area contributed by atoms with Gasteiger partial charge in [0.25, 0.3) is 0 Å². The zero-order valence-electron chi connectivity index (χ0n) is 12.0. The summed E-state index contributed by atoms with van der Waals surface area (Å²) in [5.41, 5.74) is 7.29. The molecule has 1 heterocycles. The third kappa shape index (κ3) is 2.98. The van der Waals surface area contributed by atoms with Gasteiger partial charge >= 0.3 is 0 Å². The molecule has 0 unspecified atom stereocenters. The van der Waals surface area contributed by atoms with Crippen molar-refractivity contribution >= 4 is 11.6 Å². The van der Waals surface area contributed by atoms with E-state index < -0.39 is 0 Å². The Bertz CT molecular complexity index is 473. The monoisotopic (exact) mass is 274 g/mol. The van der Waals surface area contributed by atoms with E-state index in [0.29, 0.717) is 6.04 Å². The molecule has 0 aromatic heterocycles. The summed E-state index contributed by atoms with van der Waals surface area (Å²) in [6, 6.07) is 8.72. The summed E-state index contributed by atoms with van der Waals surface area (Å²) in [6.45, 7) is 3.84. The van der Waals surface area contributed by atoms with Gasteiger partial charge in [-0.1, -0.05) is 0 Å². The van der Waals surface area contributed by atoms with Crippen molar-refractivity contribution in [2.75, 3.05) is 38.2 Å². The first-order chi connectivity index (χ1) is 9.76. The van der Waals surface area contributed by atoms with Crippen LogP contribution >= 0.6 is 0 Å². The maximum Gasteiger partial charge on any atom is 0.191 e. The van der Waals surface area contributed by atoms with Gasteiger partial charge in [-0.05, 0) is 37.1 Å². The normalized spacial score (nSPS) is 20.1. The Morgan fingerprint density at radius 3 is 2.35 bits per heavy atom. The van der Waals surface area contributed by atoms with E-state index in [1.165, 1.54) is 18.5 Å². The number of nitrogens with zero attached hydrogens (tertiary/aromatic N) is 3. The van der Waals surface area contributed by atoms with Crippen LogP contribution < -0.4 is 15.4 Å². The topological polar surface area (TPSA) is 54.1 Å². The number of anilines is 1. The van der Waals surface area contributed by atoms with E-state index >= 15 is 0 Å². The number of rotatable bonds is 3. The summed E-state index contributed by atoms with van der Waals surface area (Å²) in [4.78, 5) is 9.09. The van der Waals surface area contributed by atoms with Crippen molar-refractivity contribution in [1.29, 1.82) is 0 Å². The van der Waals surface area contributed by atoms with Crippen molar-refractivity contribution in [1.82, 2.24) is 4.90 Å². The highest BCUT2D eigenvalue weighted by molar-refractivity contribution is 5.78. The highest BCUT2D eigenvalue weighted by Gasteiger charge is 2.23. The van der Waals surface area contributed by atoms with Gasteiger partial charge in [0.2, 0.25) is 0 Å². The van der Waals surface area contributed by atoms with E-state index in [0.717, 1.165) is 37.9 Å². The third-order valence-corrected chi connectivity index (χ3v) is 3.90. The maximum absolute atomic E-state index is 6.05. The average Bonchev–Trinajstić information content (AvgIpc) is 3.31. The highest BCUT2D eigenvalue weighted by atomic mass is 16.5.